The molecule has 0 N–H and O–H groups in total. The first-order chi connectivity index (χ1) is 13.8. The molecule has 0 bridgehead atoms. The summed E-state index contributed by atoms with van der Waals surface area (Å²) in [6.07, 6.45) is 10.6. The van der Waals surface area contributed by atoms with Gasteiger partial charge in [0.1, 0.15) is 0 Å². The predicted octanol–water partition coefficient (Wildman–Crippen LogP) is 3.40. The highest BCUT2D eigenvalue weighted by molar-refractivity contribution is 5.79. The molecular weight excluding hydrogens is 346 g/mol. The highest BCUT2D eigenvalue weighted by Gasteiger charge is 2.31. The van der Waals surface area contributed by atoms with Gasteiger partial charge in [0.05, 0.1) is 0 Å². The van der Waals surface area contributed by atoms with Gasteiger partial charge in [-0.05, 0) is 56.7 Å². The van der Waals surface area contributed by atoms with Gasteiger partial charge in [-0.15, -0.1) is 0 Å². The van der Waals surface area contributed by atoms with Crippen molar-refractivity contribution < 1.29 is 4.79 Å². The molecule has 1 unspecified atom stereocenters. The summed E-state index contributed by atoms with van der Waals surface area (Å²) in [5.74, 6) is 1.50. The lowest BCUT2D eigenvalue weighted by Gasteiger charge is -2.39. The maximum Gasteiger partial charge on any atom is 0.225 e. The summed E-state index contributed by atoms with van der Waals surface area (Å²) in [6.45, 7) is 8.19. The second kappa shape index (κ2) is 9.71. The van der Waals surface area contributed by atoms with Gasteiger partial charge in [-0.25, -0.2) is 0 Å². The first kappa shape index (κ1) is 19.7. The molecule has 4 rings (SSSR count). The smallest absolute Gasteiger partial charge is 0.225 e. The Kier molecular flexibility index (Phi) is 6.81. The number of hydrogen-bond donors (Lipinski definition) is 0. The standard InChI is InChI=1S/C24H35N3O/c28-24(23-11-13-25(14-12-23)19-21-7-3-1-4-8-21)27-17-15-26(16-18-27)20-22-9-5-2-6-10-22/h1-3,5-6,9-10,21,23H,4,7-8,11-20H2. The van der Waals surface area contributed by atoms with Gasteiger partial charge in [-0.2, -0.15) is 0 Å². The molecule has 0 spiro atoms. The van der Waals surface area contributed by atoms with Gasteiger partial charge >= 0.3 is 0 Å². The molecular formula is C24H35N3O. The molecule has 4 heteroatoms. The van der Waals surface area contributed by atoms with E-state index in [-0.39, 0.29) is 5.92 Å². The largest absolute Gasteiger partial charge is 0.340 e. The molecule has 1 aromatic carbocycles. The zero-order valence-electron chi connectivity index (χ0n) is 17.1. The monoisotopic (exact) mass is 381 g/mol. The summed E-state index contributed by atoms with van der Waals surface area (Å²) in [7, 11) is 0. The van der Waals surface area contributed by atoms with Gasteiger partial charge in [0.25, 0.3) is 0 Å². The maximum atomic E-state index is 13.0. The molecule has 1 atom stereocenters. The van der Waals surface area contributed by atoms with Gasteiger partial charge in [0.2, 0.25) is 5.91 Å². The average molecular weight is 382 g/mol. The maximum absolute atomic E-state index is 13.0. The van der Waals surface area contributed by atoms with Crippen molar-refractivity contribution in [3.8, 4) is 0 Å². The molecule has 0 saturated carbocycles. The fourth-order valence-corrected chi connectivity index (χ4v) is 4.98. The van der Waals surface area contributed by atoms with Crippen LogP contribution in [0.5, 0.6) is 0 Å². The van der Waals surface area contributed by atoms with Crippen molar-refractivity contribution in [2.75, 3.05) is 45.8 Å². The minimum atomic E-state index is 0.253. The molecule has 1 aliphatic carbocycles. The lowest BCUT2D eigenvalue weighted by Crippen LogP contribution is -2.51. The van der Waals surface area contributed by atoms with Crippen molar-refractivity contribution >= 4 is 5.91 Å². The summed E-state index contributed by atoms with van der Waals surface area (Å²) in [5.41, 5.74) is 1.36. The quantitative estimate of drug-likeness (QED) is 0.732. The van der Waals surface area contributed by atoms with Crippen molar-refractivity contribution in [2.24, 2.45) is 11.8 Å². The Bertz CT molecular complexity index is 643. The molecule has 1 aromatic rings. The van der Waals surface area contributed by atoms with E-state index in [4.69, 9.17) is 0 Å². The van der Waals surface area contributed by atoms with Crippen LogP contribution < -0.4 is 0 Å². The summed E-state index contributed by atoms with van der Waals surface area (Å²) in [5, 5.41) is 0. The minimum absolute atomic E-state index is 0.253. The van der Waals surface area contributed by atoms with Crippen molar-refractivity contribution in [1.29, 1.82) is 0 Å². The summed E-state index contributed by atoms with van der Waals surface area (Å²) in [4.78, 5) is 20.2. The van der Waals surface area contributed by atoms with Crippen molar-refractivity contribution in [3.63, 3.8) is 0 Å². The summed E-state index contributed by atoms with van der Waals surface area (Å²) in [6, 6.07) is 10.7. The zero-order valence-corrected chi connectivity index (χ0v) is 17.1. The summed E-state index contributed by atoms with van der Waals surface area (Å²) < 4.78 is 0. The van der Waals surface area contributed by atoms with E-state index in [9.17, 15) is 4.79 Å². The highest BCUT2D eigenvalue weighted by atomic mass is 16.2. The first-order valence-electron chi connectivity index (χ1n) is 11.2. The Balaban J connectivity index is 1.18. The molecule has 2 heterocycles. The number of piperazine rings is 1. The fraction of sp³-hybridized carbons (Fsp3) is 0.625. The zero-order chi connectivity index (χ0) is 19.2. The number of rotatable bonds is 5. The van der Waals surface area contributed by atoms with Gasteiger partial charge in [0, 0.05) is 45.2 Å². The van der Waals surface area contributed by atoms with Gasteiger partial charge in [-0.1, -0.05) is 42.5 Å². The second-order valence-corrected chi connectivity index (χ2v) is 8.81. The Morgan fingerprint density at radius 2 is 1.61 bits per heavy atom. The van der Waals surface area contributed by atoms with E-state index in [1.165, 1.54) is 31.4 Å². The lowest BCUT2D eigenvalue weighted by molar-refractivity contribution is -0.139. The summed E-state index contributed by atoms with van der Waals surface area (Å²) >= 11 is 0. The van der Waals surface area contributed by atoms with Crippen LogP contribution in [0.25, 0.3) is 0 Å². The van der Waals surface area contributed by atoms with E-state index in [2.05, 4.69) is 57.2 Å². The Hall–Kier alpha value is -1.65. The van der Waals surface area contributed by atoms with E-state index in [0.717, 1.165) is 64.6 Å². The minimum Gasteiger partial charge on any atom is -0.340 e. The van der Waals surface area contributed by atoms with Crippen LogP contribution in [0.2, 0.25) is 0 Å². The number of amides is 1. The fourth-order valence-electron chi connectivity index (χ4n) is 4.98. The predicted molar refractivity (Wildman–Crippen MR) is 114 cm³/mol. The van der Waals surface area contributed by atoms with Crippen LogP contribution >= 0.6 is 0 Å². The first-order valence-corrected chi connectivity index (χ1v) is 11.2. The van der Waals surface area contributed by atoms with Crippen molar-refractivity contribution in [1.82, 2.24) is 14.7 Å². The Labute approximate surface area is 170 Å². The molecule has 3 aliphatic rings. The van der Waals surface area contributed by atoms with Crippen LogP contribution in [0.4, 0.5) is 0 Å². The van der Waals surface area contributed by atoms with Crippen LogP contribution in [-0.2, 0) is 11.3 Å². The molecule has 0 radical (unpaired) electrons. The van der Waals surface area contributed by atoms with E-state index < -0.39 is 0 Å². The van der Waals surface area contributed by atoms with E-state index in [1.54, 1.807) is 0 Å². The molecule has 2 fully saturated rings. The highest BCUT2D eigenvalue weighted by Crippen LogP contribution is 2.24. The number of benzene rings is 1. The SMILES string of the molecule is O=C(C1CCN(CC2CC=CCC2)CC1)N1CCN(Cc2ccccc2)CC1. The molecule has 4 nitrogen and oxygen atoms in total. The van der Waals surface area contributed by atoms with Gasteiger partial charge in [0.15, 0.2) is 0 Å². The molecule has 28 heavy (non-hydrogen) atoms. The number of likely N-dealkylation sites (tertiary alicyclic amines) is 1. The number of carbonyl (C=O) groups excluding carboxylic acids is 1. The number of carbonyl (C=O) groups is 1. The van der Waals surface area contributed by atoms with E-state index in [1.807, 2.05) is 0 Å². The second-order valence-electron chi connectivity index (χ2n) is 8.81. The lowest BCUT2D eigenvalue weighted by atomic mass is 9.91. The number of hydrogen-bond acceptors (Lipinski definition) is 3. The topological polar surface area (TPSA) is 26.8 Å². The van der Waals surface area contributed by atoms with Crippen LogP contribution in [-0.4, -0.2) is 66.4 Å². The van der Waals surface area contributed by atoms with E-state index in [0.29, 0.717) is 5.91 Å². The third-order valence-electron chi connectivity index (χ3n) is 6.76. The Morgan fingerprint density at radius 3 is 2.29 bits per heavy atom. The Morgan fingerprint density at radius 1 is 0.857 bits per heavy atom. The van der Waals surface area contributed by atoms with Gasteiger partial charge < -0.3 is 9.80 Å². The van der Waals surface area contributed by atoms with Gasteiger partial charge in [-0.3, -0.25) is 9.69 Å². The average Bonchev–Trinajstić information content (AvgIpc) is 2.76. The molecule has 1 amide bonds. The van der Waals surface area contributed by atoms with Crippen molar-refractivity contribution in [2.45, 2.75) is 38.6 Å². The van der Waals surface area contributed by atoms with Crippen LogP contribution in [0.1, 0.15) is 37.7 Å². The number of allylic oxidation sites excluding steroid dienone is 2. The molecule has 152 valence electrons. The van der Waals surface area contributed by atoms with Crippen LogP contribution in [0, 0.1) is 11.8 Å². The third-order valence-corrected chi connectivity index (χ3v) is 6.76. The van der Waals surface area contributed by atoms with Crippen molar-refractivity contribution in [3.05, 3.63) is 48.0 Å². The van der Waals surface area contributed by atoms with E-state index >= 15 is 0 Å². The third kappa shape index (κ3) is 5.24. The van der Waals surface area contributed by atoms with Crippen LogP contribution in [0.15, 0.2) is 42.5 Å². The molecule has 2 saturated heterocycles. The number of piperidine rings is 1. The molecule has 2 aliphatic heterocycles. The molecule has 0 aromatic heterocycles. The normalized spacial score (nSPS) is 25.1. The number of nitrogens with zero attached hydrogens (tertiary/aromatic N) is 3. The van der Waals surface area contributed by atoms with Crippen LogP contribution in [0.3, 0.4) is 0 Å².